The lowest BCUT2D eigenvalue weighted by molar-refractivity contribution is 0.622. The number of hydrogen-bond acceptors (Lipinski definition) is 2. The van der Waals surface area contributed by atoms with Crippen LogP contribution < -0.4 is 5.32 Å². The van der Waals surface area contributed by atoms with Crippen LogP contribution in [0, 0.1) is 0 Å². The third kappa shape index (κ3) is 3.98. The topological polar surface area (TPSA) is 29.9 Å². The van der Waals surface area contributed by atoms with E-state index in [9.17, 15) is 0 Å². The van der Waals surface area contributed by atoms with Gasteiger partial charge < -0.3 is 5.32 Å². The van der Waals surface area contributed by atoms with Crippen LogP contribution in [0.4, 0.5) is 0 Å². The van der Waals surface area contributed by atoms with Gasteiger partial charge in [0.25, 0.3) is 0 Å². The second-order valence-electron chi connectivity index (χ2n) is 4.99. The van der Waals surface area contributed by atoms with E-state index in [0.717, 1.165) is 38.4 Å². The van der Waals surface area contributed by atoms with E-state index in [0.29, 0.717) is 0 Å². The predicted molar refractivity (Wildman–Crippen MR) is 75.8 cm³/mol. The Bertz CT molecular complexity index is 388. The quantitative estimate of drug-likeness (QED) is 0.565. The van der Waals surface area contributed by atoms with Crippen LogP contribution in [0.3, 0.4) is 0 Å². The molecule has 0 atom stereocenters. The molecule has 1 aliphatic rings. The maximum absolute atomic E-state index is 4.56. The zero-order valence-corrected chi connectivity index (χ0v) is 11.7. The molecule has 1 saturated carbocycles. The van der Waals surface area contributed by atoms with E-state index in [1.807, 2.05) is 0 Å². The molecule has 1 N–H and O–H groups in total. The van der Waals surface area contributed by atoms with Gasteiger partial charge in [-0.3, -0.25) is 4.68 Å². The van der Waals surface area contributed by atoms with Crippen LogP contribution in [0.25, 0.3) is 0 Å². The summed E-state index contributed by atoms with van der Waals surface area (Å²) in [7, 11) is 0. The van der Waals surface area contributed by atoms with Crippen molar-refractivity contribution in [3.8, 4) is 0 Å². The van der Waals surface area contributed by atoms with Crippen LogP contribution in [-0.4, -0.2) is 22.4 Å². The summed E-state index contributed by atoms with van der Waals surface area (Å²) < 4.78 is 2.12. The van der Waals surface area contributed by atoms with E-state index < -0.39 is 0 Å². The SMILES string of the molecule is CCc1cc(CC=CCCNC2CC2)n(CC)n1. The van der Waals surface area contributed by atoms with Crippen LogP contribution >= 0.6 is 0 Å². The van der Waals surface area contributed by atoms with Gasteiger partial charge >= 0.3 is 0 Å². The van der Waals surface area contributed by atoms with Crippen molar-refractivity contribution >= 4 is 0 Å². The molecule has 0 aromatic carbocycles. The Labute approximate surface area is 110 Å². The highest BCUT2D eigenvalue weighted by atomic mass is 15.3. The molecule has 0 radical (unpaired) electrons. The number of hydrogen-bond donors (Lipinski definition) is 1. The summed E-state index contributed by atoms with van der Waals surface area (Å²) in [6.45, 7) is 6.39. The second kappa shape index (κ2) is 6.74. The summed E-state index contributed by atoms with van der Waals surface area (Å²) in [5.74, 6) is 0. The molecule has 1 aromatic rings. The number of rotatable bonds is 8. The lowest BCUT2D eigenvalue weighted by Crippen LogP contribution is -2.16. The molecule has 0 bridgehead atoms. The highest BCUT2D eigenvalue weighted by Crippen LogP contribution is 2.18. The molecule has 2 rings (SSSR count). The Morgan fingerprint density at radius 2 is 2.22 bits per heavy atom. The third-order valence-electron chi connectivity index (χ3n) is 3.39. The normalized spacial score (nSPS) is 15.7. The molecule has 3 heteroatoms. The van der Waals surface area contributed by atoms with E-state index in [4.69, 9.17) is 0 Å². The molecule has 0 spiro atoms. The number of nitrogens with zero attached hydrogens (tertiary/aromatic N) is 2. The van der Waals surface area contributed by atoms with Crippen molar-refractivity contribution in [2.45, 2.75) is 58.5 Å². The maximum Gasteiger partial charge on any atom is 0.0624 e. The van der Waals surface area contributed by atoms with E-state index in [2.05, 4.69) is 47.2 Å². The van der Waals surface area contributed by atoms with Gasteiger partial charge in [0.2, 0.25) is 0 Å². The van der Waals surface area contributed by atoms with Crippen LogP contribution in [0.15, 0.2) is 18.2 Å². The van der Waals surface area contributed by atoms with E-state index in [1.54, 1.807) is 0 Å². The summed E-state index contributed by atoms with van der Waals surface area (Å²) in [5, 5.41) is 8.09. The minimum Gasteiger partial charge on any atom is -0.314 e. The third-order valence-corrected chi connectivity index (χ3v) is 3.39. The van der Waals surface area contributed by atoms with Crippen molar-refractivity contribution in [3.63, 3.8) is 0 Å². The minimum atomic E-state index is 0.826. The van der Waals surface area contributed by atoms with Crippen LogP contribution in [0.2, 0.25) is 0 Å². The van der Waals surface area contributed by atoms with Crippen molar-refractivity contribution in [1.82, 2.24) is 15.1 Å². The largest absolute Gasteiger partial charge is 0.314 e. The smallest absolute Gasteiger partial charge is 0.0624 e. The second-order valence-corrected chi connectivity index (χ2v) is 4.99. The van der Waals surface area contributed by atoms with Gasteiger partial charge in [0.15, 0.2) is 0 Å². The summed E-state index contributed by atoms with van der Waals surface area (Å²) in [6, 6.07) is 3.06. The molecule has 0 amide bonds. The van der Waals surface area contributed by atoms with Crippen LogP contribution in [-0.2, 0) is 19.4 Å². The lowest BCUT2D eigenvalue weighted by Gasteiger charge is -2.01. The summed E-state index contributed by atoms with van der Waals surface area (Å²) in [4.78, 5) is 0. The fourth-order valence-corrected chi connectivity index (χ4v) is 2.11. The fraction of sp³-hybridized carbons (Fsp3) is 0.667. The molecule has 1 aliphatic carbocycles. The van der Waals surface area contributed by atoms with E-state index >= 15 is 0 Å². The maximum atomic E-state index is 4.56. The zero-order chi connectivity index (χ0) is 12.8. The van der Waals surface area contributed by atoms with Crippen molar-refractivity contribution in [3.05, 3.63) is 29.6 Å². The predicted octanol–water partition coefficient (Wildman–Crippen LogP) is 2.71. The van der Waals surface area contributed by atoms with Gasteiger partial charge in [-0.25, -0.2) is 0 Å². The van der Waals surface area contributed by atoms with Gasteiger partial charge in [-0.1, -0.05) is 19.1 Å². The average molecular weight is 247 g/mol. The van der Waals surface area contributed by atoms with Crippen LogP contribution in [0.1, 0.15) is 44.5 Å². The van der Waals surface area contributed by atoms with Gasteiger partial charge in [0.05, 0.1) is 5.69 Å². The number of allylic oxidation sites excluding steroid dienone is 1. The zero-order valence-electron chi connectivity index (χ0n) is 11.7. The first kappa shape index (κ1) is 13.3. The Kier molecular flexibility index (Phi) is 5.00. The highest BCUT2D eigenvalue weighted by Gasteiger charge is 2.19. The standard InChI is InChI=1S/C15H25N3/c1-3-13-12-15(18(4-2)17-13)8-6-5-7-11-16-14-9-10-14/h5-6,12,14,16H,3-4,7-11H2,1-2H3. The number of nitrogens with one attached hydrogen (secondary N) is 1. The van der Waals surface area contributed by atoms with Crippen molar-refractivity contribution in [2.24, 2.45) is 0 Å². The molecular formula is C15H25N3. The molecule has 0 aliphatic heterocycles. The Morgan fingerprint density at radius 3 is 2.89 bits per heavy atom. The average Bonchev–Trinajstić information content (AvgIpc) is 3.12. The number of aryl methyl sites for hydroxylation is 2. The molecule has 1 heterocycles. The summed E-state index contributed by atoms with van der Waals surface area (Å²) in [5.41, 5.74) is 2.54. The van der Waals surface area contributed by atoms with Gasteiger partial charge in [-0.05, 0) is 45.2 Å². The molecular weight excluding hydrogens is 222 g/mol. The summed E-state index contributed by atoms with van der Waals surface area (Å²) in [6.07, 6.45) is 10.5. The first-order valence-electron chi connectivity index (χ1n) is 7.27. The molecule has 1 aromatic heterocycles. The van der Waals surface area contributed by atoms with Crippen molar-refractivity contribution < 1.29 is 0 Å². The van der Waals surface area contributed by atoms with Crippen molar-refractivity contribution in [2.75, 3.05) is 6.54 Å². The van der Waals surface area contributed by atoms with Crippen molar-refractivity contribution in [1.29, 1.82) is 0 Å². The lowest BCUT2D eigenvalue weighted by atomic mass is 10.2. The van der Waals surface area contributed by atoms with E-state index in [-0.39, 0.29) is 0 Å². The molecule has 0 unspecified atom stereocenters. The van der Waals surface area contributed by atoms with Gasteiger partial charge in [0, 0.05) is 24.7 Å². The Morgan fingerprint density at radius 1 is 1.39 bits per heavy atom. The molecule has 3 nitrogen and oxygen atoms in total. The molecule has 18 heavy (non-hydrogen) atoms. The molecule has 0 saturated heterocycles. The van der Waals surface area contributed by atoms with Gasteiger partial charge in [-0.15, -0.1) is 0 Å². The Hall–Kier alpha value is -1.09. The fourth-order valence-electron chi connectivity index (χ4n) is 2.11. The monoisotopic (exact) mass is 247 g/mol. The minimum absolute atomic E-state index is 0.826. The van der Waals surface area contributed by atoms with Crippen LogP contribution in [0.5, 0.6) is 0 Å². The van der Waals surface area contributed by atoms with Gasteiger partial charge in [0.1, 0.15) is 0 Å². The first-order chi connectivity index (χ1) is 8.83. The molecule has 1 fully saturated rings. The highest BCUT2D eigenvalue weighted by molar-refractivity contribution is 5.13. The van der Waals surface area contributed by atoms with E-state index in [1.165, 1.54) is 24.2 Å². The Balaban J connectivity index is 1.73. The number of aromatic nitrogens is 2. The van der Waals surface area contributed by atoms with Gasteiger partial charge in [-0.2, -0.15) is 5.10 Å². The molecule has 100 valence electrons. The summed E-state index contributed by atoms with van der Waals surface area (Å²) >= 11 is 0. The first-order valence-corrected chi connectivity index (χ1v) is 7.27.